The first-order chi connectivity index (χ1) is 19.2. The number of hydrogen-bond acceptors (Lipinski definition) is 3. The molecule has 2 unspecified atom stereocenters. The first-order valence-electron chi connectivity index (χ1n) is 16.4. The van der Waals surface area contributed by atoms with E-state index in [-0.39, 0.29) is 12.5 Å². The van der Waals surface area contributed by atoms with Gasteiger partial charge in [-0.3, -0.25) is 4.79 Å². The van der Waals surface area contributed by atoms with Gasteiger partial charge in [0.25, 0.3) is 0 Å². The van der Waals surface area contributed by atoms with Gasteiger partial charge in [0.2, 0.25) is 5.91 Å². The lowest BCUT2D eigenvalue weighted by Gasteiger charge is -2.19. The molecule has 0 aromatic carbocycles. The van der Waals surface area contributed by atoms with Crippen LogP contribution in [0.4, 0.5) is 0 Å². The summed E-state index contributed by atoms with van der Waals surface area (Å²) in [4.78, 5) is 12.2. The van der Waals surface area contributed by atoms with Gasteiger partial charge in [0.15, 0.2) is 0 Å². The summed E-state index contributed by atoms with van der Waals surface area (Å²) in [5.41, 5.74) is 0. The van der Waals surface area contributed by atoms with Crippen molar-refractivity contribution < 1.29 is 15.0 Å². The molecule has 0 heterocycles. The fourth-order valence-corrected chi connectivity index (χ4v) is 4.46. The number of rotatable bonds is 28. The molecule has 0 aliphatic rings. The Hall–Kier alpha value is -1.65. The van der Waals surface area contributed by atoms with E-state index in [4.69, 9.17) is 0 Å². The molecule has 0 bridgehead atoms. The Labute approximate surface area is 242 Å². The zero-order valence-corrected chi connectivity index (χ0v) is 25.6. The second-order valence-electron chi connectivity index (χ2n) is 10.9. The smallest absolute Gasteiger partial charge is 0.220 e. The number of carbonyl (C=O) groups excluding carboxylic acids is 1. The highest BCUT2D eigenvalue weighted by Crippen LogP contribution is 2.11. The van der Waals surface area contributed by atoms with Crippen LogP contribution < -0.4 is 5.32 Å². The second kappa shape index (κ2) is 30.9. The van der Waals surface area contributed by atoms with Gasteiger partial charge in [0.05, 0.1) is 18.8 Å². The molecule has 0 saturated carbocycles. The van der Waals surface area contributed by atoms with Crippen molar-refractivity contribution in [1.29, 1.82) is 0 Å². The quantitative estimate of drug-likeness (QED) is 0.0677. The van der Waals surface area contributed by atoms with Crippen LogP contribution in [0.3, 0.4) is 0 Å². The first-order valence-corrected chi connectivity index (χ1v) is 16.4. The molecule has 2 atom stereocenters. The fraction of sp³-hybridized carbons (Fsp3) is 0.743. The number of carbonyl (C=O) groups is 1. The van der Waals surface area contributed by atoms with Crippen molar-refractivity contribution in [2.75, 3.05) is 6.61 Å². The first kappa shape index (κ1) is 37.4. The van der Waals surface area contributed by atoms with Gasteiger partial charge < -0.3 is 15.5 Å². The highest BCUT2D eigenvalue weighted by molar-refractivity contribution is 5.76. The van der Waals surface area contributed by atoms with Crippen LogP contribution in [0, 0.1) is 0 Å². The Balaban J connectivity index is 3.71. The standard InChI is InChI=1S/C35H63NO3/c1-3-5-7-9-11-13-15-16-17-18-19-20-21-23-25-27-29-31-35(39)36-33(32-37)34(38)30-28-26-24-22-14-12-10-8-6-4-2/h11,13-14,16-17,22,28,30,33-34,37-38H,3-10,12,15,18-21,23-27,29,31-32H2,1-2H3,(H,36,39)/b13-11-,17-16-,22-14+,30-28+. The molecule has 4 nitrogen and oxygen atoms in total. The lowest BCUT2D eigenvalue weighted by molar-refractivity contribution is -0.123. The van der Waals surface area contributed by atoms with Gasteiger partial charge in [-0.25, -0.2) is 0 Å². The highest BCUT2D eigenvalue weighted by Gasteiger charge is 2.17. The molecule has 226 valence electrons. The Morgan fingerprint density at radius 1 is 0.615 bits per heavy atom. The molecule has 39 heavy (non-hydrogen) atoms. The van der Waals surface area contributed by atoms with E-state index >= 15 is 0 Å². The van der Waals surface area contributed by atoms with Gasteiger partial charge in [0.1, 0.15) is 0 Å². The lowest BCUT2D eigenvalue weighted by Crippen LogP contribution is -2.45. The van der Waals surface area contributed by atoms with E-state index in [1.54, 1.807) is 6.08 Å². The number of aliphatic hydroxyl groups is 2. The number of hydrogen-bond donors (Lipinski definition) is 3. The van der Waals surface area contributed by atoms with Gasteiger partial charge in [-0.05, 0) is 64.2 Å². The van der Waals surface area contributed by atoms with Gasteiger partial charge in [-0.1, -0.05) is 127 Å². The van der Waals surface area contributed by atoms with Crippen LogP contribution in [0.1, 0.15) is 149 Å². The molecule has 1 amide bonds. The van der Waals surface area contributed by atoms with Crippen molar-refractivity contribution in [2.24, 2.45) is 0 Å². The number of nitrogens with one attached hydrogen (secondary N) is 1. The monoisotopic (exact) mass is 545 g/mol. The molecule has 0 aromatic rings. The zero-order valence-electron chi connectivity index (χ0n) is 25.6. The summed E-state index contributed by atoms with van der Waals surface area (Å²) in [5, 5.41) is 22.7. The van der Waals surface area contributed by atoms with Crippen molar-refractivity contribution >= 4 is 5.91 Å². The second-order valence-corrected chi connectivity index (χ2v) is 10.9. The number of aliphatic hydroxyl groups excluding tert-OH is 2. The minimum absolute atomic E-state index is 0.0879. The molecule has 0 rings (SSSR count). The molecular formula is C35H63NO3. The Morgan fingerprint density at radius 3 is 1.69 bits per heavy atom. The molecule has 0 saturated heterocycles. The van der Waals surface area contributed by atoms with Crippen molar-refractivity contribution in [1.82, 2.24) is 5.32 Å². The summed E-state index contributed by atoms with van der Waals surface area (Å²) in [5.74, 6) is -0.0879. The SMILES string of the molecule is CCCCC/C=C\C/C=C\CCCCCCCCCC(=O)NC(CO)C(O)/C=C/CC/C=C/CCCCCC. The zero-order chi connectivity index (χ0) is 28.7. The predicted octanol–water partition coefficient (Wildman–Crippen LogP) is 9.28. The summed E-state index contributed by atoms with van der Waals surface area (Å²) in [7, 11) is 0. The predicted molar refractivity (Wildman–Crippen MR) is 170 cm³/mol. The summed E-state index contributed by atoms with van der Waals surface area (Å²) in [6, 6.07) is -0.640. The molecule has 4 heteroatoms. The summed E-state index contributed by atoms with van der Waals surface area (Å²) < 4.78 is 0. The van der Waals surface area contributed by atoms with E-state index in [2.05, 4.69) is 55.6 Å². The van der Waals surface area contributed by atoms with E-state index in [9.17, 15) is 15.0 Å². The van der Waals surface area contributed by atoms with Gasteiger partial charge in [-0.2, -0.15) is 0 Å². The van der Waals surface area contributed by atoms with E-state index in [0.717, 1.165) is 44.9 Å². The highest BCUT2D eigenvalue weighted by atomic mass is 16.3. The Kier molecular flexibility index (Phi) is 29.6. The molecular weight excluding hydrogens is 482 g/mol. The number of allylic oxidation sites excluding steroid dienone is 7. The summed E-state index contributed by atoms with van der Waals surface area (Å²) in [6.07, 6.45) is 40.4. The van der Waals surface area contributed by atoms with Crippen LogP contribution in [0.2, 0.25) is 0 Å². The van der Waals surface area contributed by atoms with Crippen molar-refractivity contribution in [3.05, 3.63) is 48.6 Å². The fourth-order valence-electron chi connectivity index (χ4n) is 4.46. The normalized spacial score (nSPS) is 13.8. The maximum atomic E-state index is 12.2. The van der Waals surface area contributed by atoms with Crippen LogP contribution in [0.5, 0.6) is 0 Å². The van der Waals surface area contributed by atoms with Crippen molar-refractivity contribution in [3.63, 3.8) is 0 Å². The number of amides is 1. The van der Waals surface area contributed by atoms with E-state index in [0.29, 0.717) is 6.42 Å². The molecule has 0 fully saturated rings. The molecule has 3 N–H and O–H groups in total. The van der Waals surface area contributed by atoms with Gasteiger partial charge in [0, 0.05) is 6.42 Å². The largest absolute Gasteiger partial charge is 0.394 e. The topological polar surface area (TPSA) is 69.6 Å². The van der Waals surface area contributed by atoms with Crippen LogP contribution in [-0.4, -0.2) is 34.9 Å². The molecule has 0 spiro atoms. The lowest BCUT2D eigenvalue weighted by atomic mass is 10.1. The van der Waals surface area contributed by atoms with Gasteiger partial charge in [-0.15, -0.1) is 0 Å². The van der Waals surface area contributed by atoms with E-state index in [1.807, 2.05) is 6.08 Å². The van der Waals surface area contributed by atoms with Crippen molar-refractivity contribution in [2.45, 2.75) is 161 Å². The average molecular weight is 546 g/mol. The Bertz CT molecular complexity index is 638. The van der Waals surface area contributed by atoms with E-state index in [1.165, 1.54) is 83.5 Å². The minimum Gasteiger partial charge on any atom is -0.394 e. The molecule has 0 radical (unpaired) electrons. The average Bonchev–Trinajstić information content (AvgIpc) is 2.94. The van der Waals surface area contributed by atoms with Gasteiger partial charge >= 0.3 is 0 Å². The maximum Gasteiger partial charge on any atom is 0.220 e. The van der Waals surface area contributed by atoms with Crippen LogP contribution in [-0.2, 0) is 4.79 Å². The summed E-state index contributed by atoms with van der Waals surface area (Å²) in [6.45, 7) is 4.20. The third kappa shape index (κ3) is 27.7. The summed E-state index contributed by atoms with van der Waals surface area (Å²) >= 11 is 0. The minimum atomic E-state index is -0.862. The Morgan fingerprint density at radius 2 is 1.08 bits per heavy atom. The third-order valence-electron chi connectivity index (χ3n) is 7.03. The van der Waals surface area contributed by atoms with Crippen LogP contribution in [0.25, 0.3) is 0 Å². The van der Waals surface area contributed by atoms with Crippen LogP contribution >= 0.6 is 0 Å². The molecule has 0 aromatic heterocycles. The number of unbranched alkanes of at least 4 members (excludes halogenated alkanes) is 15. The van der Waals surface area contributed by atoms with Crippen molar-refractivity contribution in [3.8, 4) is 0 Å². The third-order valence-corrected chi connectivity index (χ3v) is 7.03. The molecule has 0 aliphatic carbocycles. The maximum absolute atomic E-state index is 12.2. The van der Waals surface area contributed by atoms with E-state index < -0.39 is 12.1 Å². The van der Waals surface area contributed by atoms with Crippen LogP contribution in [0.15, 0.2) is 48.6 Å². The molecule has 0 aliphatic heterocycles.